The van der Waals surface area contributed by atoms with Gasteiger partial charge in [0.2, 0.25) is 0 Å². The van der Waals surface area contributed by atoms with Crippen molar-refractivity contribution >= 4 is 27.9 Å². The second kappa shape index (κ2) is 10.9. The van der Waals surface area contributed by atoms with E-state index in [4.69, 9.17) is 4.74 Å². The molecule has 2 saturated carbocycles. The van der Waals surface area contributed by atoms with Gasteiger partial charge < -0.3 is 4.74 Å². The van der Waals surface area contributed by atoms with Crippen LogP contribution in [0.2, 0.25) is 0 Å². The van der Waals surface area contributed by atoms with E-state index >= 15 is 0 Å². The Balaban J connectivity index is 1.27. The standard InChI is InChI=1S/C25H25F6N3O5S/c26-24(27,28)17-10-16(11-18(12-17)25(29,30)31)21(35)34-40(37,38)32-14-15-6-8-23(9-7-15)13-20(23)39-22(36)33-19-4-2-1-3-5-19/h1-5,10-12,15,20,32H,6-9,13-14H2,(H,33,36)(H,34,35). The summed E-state index contributed by atoms with van der Waals surface area (Å²) < 4.78 is 112. The molecule has 4 rings (SSSR count). The molecule has 0 saturated heterocycles. The topological polar surface area (TPSA) is 114 Å². The van der Waals surface area contributed by atoms with Gasteiger partial charge in [-0.2, -0.15) is 39.5 Å². The Hall–Kier alpha value is -3.33. The molecular formula is C25H25F6N3O5S. The fourth-order valence-electron chi connectivity index (χ4n) is 4.79. The highest BCUT2D eigenvalue weighted by atomic mass is 32.2. The molecule has 0 bridgehead atoms. The van der Waals surface area contributed by atoms with Crippen LogP contribution in [0.5, 0.6) is 0 Å². The largest absolute Gasteiger partial charge is 0.445 e. The minimum atomic E-state index is -5.19. The number of amides is 2. The molecule has 8 nitrogen and oxygen atoms in total. The van der Waals surface area contributed by atoms with Gasteiger partial charge >= 0.3 is 28.7 Å². The SMILES string of the molecule is O=C(Nc1ccccc1)OC1CC12CCC(CNS(=O)(=O)NC(=O)c1cc(C(F)(F)F)cc(C(F)(F)F)c1)CC2. The van der Waals surface area contributed by atoms with Crippen LogP contribution in [0.3, 0.4) is 0 Å². The number of benzene rings is 2. The lowest BCUT2D eigenvalue weighted by Gasteiger charge is -2.29. The van der Waals surface area contributed by atoms with Gasteiger partial charge in [-0.05, 0) is 68.4 Å². The molecular weight excluding hydrogens is 568 g/mol. The monoisotopic (exact) mass is 593 g/mol. The van der Waals surface area contributed by atoms with E-state index in [-0.39, 0.29) is 42.2 Å². The third kappa shape index (κ3) is 7.44. The minimum Gasteiger partial charge on any atom is -0.445 e. The zero-order valence-corrected chi connectivity index (χ0v) is 21.5. The molecule has 2 aromatic rings. The van der Waals surface area contributed by atoms with Crippen molar-refractivity contribution in [3.8, 4) is 0 Å². The summed E-state index contributed by atoms with van der Waals surface area (Å²) in [6.07, 6.45) is -8.03. The highest BCUT2D eigenvalue weighted by Crippen LogP contribution is 2.59. The minimum absolute atomic E-state index is 0.102. The maximum Gasteiger partial charge on any atom is 0.416 e. The zero-order chi connectivity index (χ0) is 29.3. The molecule has 2 aliphatic rings. The van der Waals surface area contributed by atoms with Crippen molar-refractivity contribution < 1.29 is 49.1 Å². The Morgan fingerprint density at radius 2 is 1.50 bits per heavy atom. The van der Waals surface area contributed by atoms with Gasteiger partial charge in [0.15, 0.2) is 0 Å². The lowest BCUT2D eigenvalue weighted by atomic mass is 9.79. The van der Waals surface area contributed by atoms with E-state index in [1.54, 1.807) is 24.3 Å². The number of alkyl halides is 6. The third-order valence-electron chi connectivity index (χ3n) is 7.12. The van der Waals surface area contributed by atoms with Crippen molar-refractivity contribution in [2.24, 2.45) is 11.3 Å². The van der Waals surface area contributed by atoms with E-state index in [0.717, 1.165) is 0 Å². The molecule has 0 aliphatic heterocycles. The average Bonchev–Trinajstić information content (AvgIpc) is 3.52. The van der Waals surface area contributed by atoms with Gasteiger partial charge in [-0.15, -0.1) is 0 Å². The van der Waals surface area contributed by atoms with E-state index in [2.05, 4.69) is 10.0 Å². The molecule has 1 atom stereocenters. The summed E-state index contributed by atoms with van der Waals surface area (Å²) in [6.45, 7) is -0.102. The fourth-order valence-corrected chi connectivity index (χ4v) is 5.68. The van der Waals surface area contributed by atoms with Crippen LogP contribution in [0.4, 0.5) is 36.8 Å². The first kappa shape index (κ1) is 29.6. The van der Waals surface area contributed by atoms with Crippen LogP contribution in [-0.4, -0.2) is 33.1 Å². The fraction of sp³-hybridized carbons (Fsp3) is 0.440. The maximum atomic E-state index is 13.0. The second-order valence-electron chi connectivity index (χ2n) is 9.97. The molecule has 0 aromatic heterocycles. The summed E-state index contributed by atoms with van der Waals surface area (Å²) in [5.74, 6) is -1.78. The summed E-state index contributed by atoms with van der Waals surface area (Å²) in [5, 5.41) is 2.65. The van der Waals surface area contributed by atoms with E-state index < -0.39 is 51.3 Å². The van der Waals surface area contributed by atoms with Crippen molar-refractivity contribution in [2.45, 2.75) is 50.6 Å². The van der Waals surface area contributed by atoms with Crippen LogP contribution >= 0.6 is 0 Å². The zero-order valence-electron chi connectivity index (χ0n) is 20.7. The van der Waals surface area contributed by atoms with Crippen molar-refractivity contribution in [3.63, 3.8) is 0 Å². The number of ether oxygens (including phenoxy) is 1. The molecule has 0 heterocycles. The number of carbonyl (C=O) groups excluding carboxylic acids is 2. The molecule has 2 aliphatic carbocycles. The Kier molecular flexibility index (Phi) is 8.09. The molecule has 3 N–H and O–H groups in total. The van der Waals surface area contributed by atoms with Crippen LogP contribution < -0.4 is 14.8 Å². The lowest BCUT2D eigenvalue weighted by molar-refractivity contribution is -0.143. The second-order valence-corrected chi connectivity index (χ2v) is 11.5. The van der Waals surface area contributed by atoms with Crippen LogP contribution in [0.1, 0.15) is 53.6 Å². The van der Waals surface area contributed by atoms with Gasteiger partial charge in [-0.3, -0.25) is 10.1 Å². The number of para-hydroxylation sites is 1. The highest BCUT2D eigenvalue weighted by Gasteiger charge is 2.57. The number of carbonyl (C=O) groups is 2. The van der Waals surface area contributed by atoms with Crippen molar-refractivity contribution in [1.29, 1.82) is 0 Å². The Bertz CT molecular complexity index is 1320. The van der Waals surface area contributed by atoms with E-state index in [1.807, 2.05) is 6.07 Å². The van der Waals surface area contributed by atoms with Gasteiger partial charge in [0, 0.05) is 23.2 Å². The molecule has 1 spiro atoms. The quantitative estimate of drug-likeness (QED) is 0.368. The van der Waals surface area contributed by atoms with Crippen LogP contribution in [0.25, 0.3) is 0 Å². The summed E-state index contributed by atoms with van der Waals surface area (Å²) in [4.78, 5) is 24.4. The highest BCUT2D eigenvalue weighted by molar-refractivity contribution is 7.88. The Morgan fingerprint density at radius 1 is 0.925 bits per heavy atom. The van der Waals surface area contributed by atoms with Gasteiger partial charge in [0.05, 0.1) is 11.1 Å². The van der Waals surface area contributed by atoms with Crippen molar-refractivity contribution in [2.75, 3.05) is 11.9 Å². The number of hydrogen-bond acceptors (Lipinski definition) is 5. The first-order valence-electron chi connectivity index (χ1n) is 12.2. The van der Waals surface area contributed by atoms with Gasteiger partial charge in [-0.25, -0.2) is 9.52 Å². The predicted molar refractivity (Wildman–Crippen MR) is 130 cm³/mol. The number of halogens is 6. The summed E-state index contributed by atoms with van der Waals surface area (Å²) in [7, 11) is -4.58. The van der Waals surface area contributed by atoms with Gasteiger partial charge in [0.1, 0.15) is 6.10 Å². The molecule has 40 heavy (non-hydrogen) atoms. The Morgan fingerprint density at radius 3 is 2.05 bits per heavy atom. The third-order valence-corrected chi connectivity index (χ3v) is 8.13. The molecule has 1 unspecified atom stereocenters. The molecule has 0 radical (unpaired) electrons. The smallest absolute Gasteiger partial charge is 0.416 e. The average molecular weight is 594 g/mol. The van der Waals surface area contributed by atoms with E-state index in [9.17, 15) is 44.3 Å². The number of nitrogens with one attached hydrogen (secondary N) is 3. The number of rotatable bonds is 7. The number of anilines is 1. The molecule has 15 heteroatoms. The predicted octanol–water partition coefficient (Wildman–Crippen LogP) is 5.49. The normalized spacial score (nSPS) is 22.9. The van der Waals surface area contributed by atoms with Gasteiger partial charge in [-0.1, -0.05) is 18.2 Å². The first-order chi connectivity index (χ1) is 18.6. The first-order valence-corrected chi connectivity index (χ1v) is 13.7. The molecule has 218 valence electrons. The van der Waals surface area contributed by atoms with Crippen LogP contribution in [-0.2, 0) is 27.3 Å². The van der Waals surface area contributed by atoms with E-state index in [1.165, 1.54) is 4.72 Å². The van der Waals surface area contributed by atoms with E-state index in [0.29, 0.717) is 37.8 Å². The molecule has 2 amide bonds. The lowest BCUT2D eigenvalue weighted by Crippen LogP contribution is -2.42. The van der Waals surface area contributed by atoms with Crippen LogP contribution in [0.15, 0.2) is 48.5 Å². The van der Waals surface area contributed by atoms with Gasteiger partial charge in [0.25, 0.3) is 5.91 Å². The number of hydrogen-bond donors (Lipinski definition) is 3. The summed E-state index contributed by atoms with van der Waals surface area (Å²) in [6, 6.07) is 8.92. The summed E-state index contributed by atoms with van der Waals surface area (Å²) in [5.41, 5.74) is -4.18. The molecule has 2 fully saturated rings. The maximum absolute atomic E-state index is 13.0. The molecule has 2 aromatic carbocycles. The Labute approximate surface area is 225 Å². The summed E-state index contributed by atoms with van der Waals surface area (Å²) >= 11 is 0. The van der Waals surface area contributed by atoms with Crippen LogP contribution in [0, 0.1) is 11.3 Å². The van der Waals surface area contributed by atoms with Crippen molar-refractivity contribution in [3.05, 3.63) is 65.2 Å². The van der Waals surface area contributed by atoms with Crippen molar-refractivity contribution in [1.82, 2.24) is 9.44 Å².